The number of halogens is 1. The zero-order chi connectivity index (χ0) is 22.1. The van der Waals surface area contributed by atoms with Crippen LogP contribution in [0.2, 0.25) is 5.02 Å². The lowest BCUT2D eigenvalue weighted by Crippen LogP contribution is -2.33. The molecule has 31 heavy (non-hydrogen) atoms. The van der Waals surface area contributed by atoms with Gasteiger partial charge in [-0.2, -0.15) is 5.10 Å². The average molecular weight is 435 g/mol. The first-order valence-electron chi connectivity index (χ1n) is 9.23. The predicted molar refractivity (Wildman–Crippen MR) is 120 cm³/mol. The second kappa shape index (κ2) is 10.7. The molecule has 0 aliphatic carbocycles. The van der Waals surface area contributed by atoms with Crippen molar-refractivity contribution >= 4 is 35.6 Å². The molecule has 0 atom stereocenters. The Morgan fingerprint density at radius 2 is 1.77 bits per heavy atom. The number of amides is 2. The van der Waals surface area contributed by atoms with E-state index in [0.29, 0.717) is 10.6 Å². The van der Waals surface area contributed by atoms with Gasteiger partial charge in [-0.25, -0.2) is 15.4 Å². The van der Waals surface area contributed by atoms with E-state index in [-0.39, 0.29) is 11.6 Å². The zero-order valence-corrected chi connectivity index (χ0v) is 17.3. The van der Waals surface area contributed by atoms with Crippen LogP contribution < -0.4 is 16.1 Å². The van der Waals surface area contributed by atoms with E-state index in [0.717, 1.165) is 11.3 Å². The Kier molecular flexibility index (Phi) is 7.45. The SMILES string of the molecule is Cc1ccnc(N/C=C(/NC(=O)c2ccccc2)C(=O)NN=Cc2ccc(Cl)cc2)n1. The molecule has 3 rings (SSSR count). The molecule has 3 aromatic rings. The molecule has 8 nitrogen and oxygen atoms in total. The summed E-state index contributed by atoms with van der Waals surface area (Å²) in [7, 11) is 0. The molecule has 2 amide bonds. The Hall–Kier alpha value is -4.04. The van der Waals surface area contributed by atoms with Crippen LogP contribution >= 0.6 is 11.6 Å². The molecule has 0 spiro atoms. The van der Waals surface area contributed by atoms with Gasteiger partial charge in [0, 0.05) is 28.7 Å². The van der Waals surface area contributed by atoms with E-state index < -0.39 is 11.8 Å². The summed E-state index contributed by atoms with van der Waals surface area (Å²) in [6.45, 7) is 1.81. The summed E-state index contributed by atoms with van der Waals surface area (Å²) in [5.74, 6) is -0.797. The quantitative estimate of drug-likeness (QED) is 0.300. The monoisotopic (exact) mass is 434 g/mol. The maximum atomic E-state index is 12.6. The van der Waals surface area contributed by atoms with E-state index in [1.54, 1.807) is 66.9 Å². The van der Waals surface area contributed by atoms with Gasteiger partial charge in [-0.1, -0.05) is 41.9 Å². The number of aromatic nitrogens is 2. The van der Waals surface area contributed by atoms with Gasteiger partial charge >= 0.3 is 0 Å². The van der Waals surface area contributed by atoms with Gasteiger partial charge in [-0.15, -0.1) is 0 Å². The first-order chi connectivity index (χ1) is 15.0. The number of rotatable bonds is 7. The summed E-state index contributed by atoms with van der Waals surface area (Å²) in [5, 5.41) is 9.91. The zero-order valence-electron chi connectivity index (χ0n) is 16.5. The summed E-state index contributed by atoms with van der Waals surface area (Å²) >= 11 is 5.85. The lowest BCUT2D eigenvalue weighted by molar-refractivity contribution is -0.117. The predicted octanol–water partition coefficient (Wildman–Crippen LogP) is 3.27. The van der Waals surface area contributed by atoms with Gasteiger partial charge in [-0.05, 0) is 42.8 Å². The summed E-state index contributed by atoms with van der Waals surface area (Å²) < 4.78 is 0. The fourth-order valence-electron chi connectivity index (χ4n) is 2.37. The molecule has 0 bridgehead atoms. The highest BCUT2D eigenvalue weighted by Gasteiger charge is 2.14. The van der Waals surface area contributed by atoms with E-state index in [1.165, 1.54) is 12.4 Å². The molecule has 0 fully saturated rings. The standard InChI is InChI=1S/C22H19ClN6O2/c1-15-11-12-24-22(27-15)25-14-19(28-20(30)17-5-3-2-4-6-17)21(31)29-26-13-16-7-9-18(23)10-8-16/h2-14H,1H3,(H,28,30)(H,29,31)(H,24,25,27)/b19-14+,26-13?. The molecule has 0 radical (unpaired) electrons. The minimum absolute atomic E-state index is 0.0628. The number of aryl methyl sites for hydroxylation is 1. The van der Waals surface area contributed by atoms with Crippen LogP contribution in [0.5, 0.6) is 0 Å². The molecule has 1 heterocycles. The van der Waals surface area contributed by atoms with Crippen LogP contribution in [-0.4, -0.2) is 28.0 Å². The van der Waals surface area contributed by atoms with Crippen LogP contribution in [0, 0.1) is 6.92 Å². The van der Waals surface area contributed by atoms with E-state index in [9.17, 15) is 9.59 Å². The molecule has 0 aliphatic heterocycles. The third-order valence-electron chi connectivity index (χ3n) is 3.92. The number of benzene rings is 2. The second-order valence-corrected chi connectivity index (χ2v) is 6.73. The number of hydrazone groups is 1. The summed E-state index contributed by atoms with van der Waals surface area (Å²) in [5.41, 5.74) is 4.22. The molecule has 0 saturated heterocycles. The molecule has 1 aromatic heterocycles. The van der Waals surface area contributed by atoms with Crippen LogP contribution in [0.1, 0.15) is 21.6 Å². The normalized spacial score (nSPS) is 11.2. The fraction of sp³-hybridized carbons (Fsp3) is 0.0455. The van der Waals surface area contributed by atoms with Gasteiger partial charge in [0.1, 0.15) is 5.70 Å². The number of carbonyl (C=O) groups is 2. The second-order valence-electron chi connectivity index (χ2n) is 6.29. The van der Waals surface area contributed by atoms with Gasteiger partial charge in [0.2, 0.25) is 5.95 Å². The first kappa shape index (κ1) is 21.7. The molecule has 0 unspecified atom stereocenters. The number of hydrogen-bond acceptors (Lipinski definition) is 6. The summed E-state index contributed by atoms with van der Waals surface area (Å²) in [4.78, 5) is 33.4. The third kappa shape index (κ3) is 6.76. The van der Waals surface area contributed by atoms with Crippen molar-refractivity contribution in [3.05, 3.63) is 101 Å². The molecule has 2 aromatic carbocycles. The number of hydrogen-bond donors (Lipinski definition) is 3. The van der Waals surface area contributed by atoms with Crippen molar-refractivity contribution in [2.45, 2.75) is 6.92 Å². The van der Waals surface area contributed by atoms with Crippen LogP contribution in [0.25, 0.3) is 0 Å². The number of nitrogens with zero attached hydrogens (tertiary/aromatic N) is 3. The van der Waals surface area contributed by atoms with Crippen LogP contribution in [-0.2, 0) is 4.79 Å². The van der Waals surface area contributed by atoms with Gasteiger partial charge in [0.15, 0.2) is 0 Å². The fourth-order valence-corrected chi connectivity index (χ4v) is 2.50. The van der Waals surface area contributed by atoms with Crippen molar-refractivity contribution in [3.63, 3.8) is 0 Å². The van der Waals surface area contributed by atoms with Crippen molar-refractivity contribution in [2.75, 3.05) is 5.32 Å². The number of anilines is 1. The van der Waals surface area contributed by atoms with Gasteiger partial charge < -0.3 is 10.6 Å². The van der Waals surface area contributed by atoms with Crippen LogP contribution in [0.3, 0.4) is 0 Å². The molecule has 9 heteroatoms. The van der Waals surface area contributed by atoms with Crippen molar-refractivity contribution in [3.8, 4) is 0 Å². The molecule has 0 aliphatic rings. The topological polar surface area (TPSA) is 108 Å². The van der Waals surface area contributed by atoms with Crippen LogP contribution in [0.15, 0.2) is 83.9 Å². The first-order valence-corrected chi connectivity index (χ1v) is 9.61. The Morgan fingerprint density at radius 3 is 2.48 bits per heavy atom. The smallest absolute Gasteiger partial charge is 0.289 e. The number of nitrogens with one attached hydrogen (secondary N) is 3. The van der Waals surface area contributed by atoms with Crippen LogP contribution in [0.4, 0.5) is 5.95 Å². The Morgan fingerprint density at radius 1 is 1.03 bits per heavy atom. The Bertz CT molecular complexity index is 1110. The van der Waals surface area contributed by atoms with Crippen molar-refractivity contribution in [1.82, 2.24) is 20.7 Å². The van der Waals surface area contributed by atoms with E-state index in [4.69, 9.17) is 11.6 Å². The molecule has 156 valence electrons. The maximum Gasteiger partial charge on any atom is 0.289 e. The molecule has 3 N–H and O–H groups in total. The number of carbonyl (C=O) groups excluding carboxylic acids is 2. The minimum Gasteiger partial charge on any atom is -0.328 e. The highest BCUT2D eigenvalue weighted by molar-refractivity contribution is 6.30. The highest BCUT2D eigenvalue weighted by Crippen LogP contribution is 2.08. The highest BCUT2D eigenvalue weighted by atomic mass is 35.5. The van der Waals surface area contributed by atoms with Crippen molar-refractivity contribution in [2.24, 2.45) is 5.10 Å². The van der Waals surface area contributed by atoms with E-state index in [1.807, 2.05) is 6.92 Å². The van der Waals surface area contributed by atoms with Gasteiger partial charge in [-0.3, -0.25) is 9.59 Å². The van der Waals surface area contributed by atoms with Gasteiger partial charge in [0.05, 0.1) is 6.21 Å². The maximum absolute atomic E-state index is 12.6. The largest absolute Gasteiger partial charge is 0.328 e. The van der Waals surface area contributed by atoms with E-state index in [2.05, 4.69) is 31.1 Å². The molecular formula is C22H19ClN6O2. The minimum atomic E-state index is -0.630. The summed E-state index contributed by atoms with van der Waals surface area (Å²) in [6, 6.07) is 17.2. The lowest BCUT2D eigenvalue weighted by atomic mass is 10.2. The average Bonchev–Trinajstić information content (AvgIpc) is 2.78. The van der Waals surface area contributed by atoms with E-state index >= 15 is 0 Å². The lowest BCUT2D eigenvalue weighted by Gasteiger charge is -2.09. The van der Waals surface area contributed by atoms with Crippen molar-refractivity contribution in [1.29, 1.82) is 0 Å². The molecule has 0 saturated carbocycles. The van der Waals surface area contributed by atoms with Gasteiger partial charge in [0.25, 0.3) is 11.8 Å². The Labute approximate surface area is 184 Å². The molecular weight excluding hydrogens is 416 g/mol. The van der Waals surface area contributed by atoms with Crippen molar-refractivity contribution < 1.29 is 9.59 Å². The Balaban J connectivity index is 1.74. The third-order valence-corrected chi connectivity index (χ3v) is 4.17. The summed E-state index contributed by atoms with van der Waals surface area (Å²) in [6.07, 6.45) is 4.35.